The van der Waals surface area contributed by atoms with E-state index in [4.69, 9.17) is 4.74 Å². The summed E-state index contributed by atoms with van der Waals surface area (Å²) in [6.07, 6.45) is 4.58. The highest BCUT2D eigenvalue weighted by Crippen LogP contribution is 2.35. The summed E-state index contributed by atoms with van der Waals surface area (Å²) in [6, 6.07) is 9.22. The van der Waals surface area contributed by atoms with Crippen LogP contribution in [-0.4, -0.2) is 35.1 Å². The van der Waals surface area contributed by atoms with Crippen LogP contribution in [0.1, 0.15) is 79.2 Å². The van der Waals surface area contributed by atoms with Crippen molar-refractivity contribution in [2.75, 3.05) is 6.54 Å². The second-order valence-electron chi connectivity index (χ2n) is 10.8. The molecule has 172 valence electrons. The van der Waals surface area contributed by atoms with Crippen LogP contribution in [0.2, 0.25) is 0 Å². The number of hydrogen-bond acceptors (Lipinski definition) is 4. The van der Waals surface area contributed by atoms with Crippen LogP contribution in [0.5, 0.6) is 0 Å². The highest BCUT2D eigenvalue weighted by atomic mass is 16.6. The van der Waals surface area contributed by atoms with E-state index in [1.54, 1.807) is 4.90 Å². The first-order valence-corrected chi connectivity index (χ1v) is 11.4. The van der Waals surface area contributed by atoms with Crippen LogP contribution in [0.3, 0.4) is 0 Å². The molecule has 0 N–H and O–H groups in total. The number of ketones is 2. The molecule has 5 nitrogen and oxygen atoms in total. The zero-order valence-electron chi connectivity index (χ0n) is 20.1. The van der Waals surface area contributed by atoms with Gasteiger partial charge in [0.25, 0.3) is 0 Å². The van der Waals surface area contributed by atoms with Crippen LogP contribution in [0, 0.1) is 16.7 Å². The molecule has 0 radical (unpaired) electrons. The lowest BCUT2D eigenvalue weighted by molar-refractivity contribution is -0.130. The molecule has 1 saturated heterocycles. The molecule has 5 heteroatoms. The standard InChI is InChI=1S/C17H23NO3.C9H16O/c1-17(2,3)15(19)14-10-7-11-18(14)16(20)21-12-13-8-5-4-6-9-13;1-9(2,3)8(10)6-7-4-5-7/h4-6,8-9,14H,7,10-12H2,1-3H3;7H,4-6H2,1-3H3/t14-;/m0./s1. The first-order chi connectivity index (χ1) is 14.4. The zero-order valence-corrected chi connectivity index (χ0v) is 20.1. The van der Waals surface area contributed by atoms with E-state index in [9.17, 15) is 14.4 Å². The van der Waals surface area contributed by atoms with E-state index in [1.807, 2.05) is 71.9 Å². The number of Topliss-reactive ketones (excluding diaryl/α,β-unsaturated/α-hetero) is 2. The van der Waals surface area contributed by atoms with E-state index in [-0.39, 0.29) is 29.9 Å². The second-order valence-corrected chi connectivity index (χ2v) is 10.8. The molecule has 0 unspecified atom stereocenters. The minimum absolute atomic E-state index is 0.108. The maximum Gasteiger partial charge on any atom is 0.410 e. The Morgan fingerprint density at radius 1 is 0.935 bits per heavy atom. The number of hydrogen-bond donors (Lipinski definition) is 0. The van der Waals surface area contributed by atoms with Crippen molar-refractivity contribution in [1.29, 1.82) is 0 Å². The Bertz CT molecular complexity index is 754. The Kier molecular flexibility index (Phi) is 8.44. The Morgan fingerprint density at radius 3 is 2.06 bits per heavy atom. The third kappa shape index (κ3) is 8.12. The lowest BCUT2D eigenvalue weighted by Gasteiger charge is -2.28. The molecule has 31 heavy (non-hydrogen) atoms. The van der Waals surface area contributed by atoms with Crippen LogP contribution in [-0.2, 0) is 20.9 Å². The summed E-state index contributed by atoms with van der Waals surface area (Å²) in [5.74, 6) is 1.28. The molecule has 1 aromatic rings. The van der Waals surface area contributed by atoms with Crippen molar-refractivity contribution in [3.63, 3.8) is 0 Å². The van der Waals surface area contributed by atoms with Gasteiger partial charge < -0.3 is 4.74 Å². The van der Waals surface area contributed by atoms with Gasteiger partial charge in [0.2, 0.25) is 0 Å². The molecule has 1 atom stereocenters. The summed E-state index contributed by atoms with van der Waals surface area (Å²) in [6.45, 7) is 12.5. The van der Waals surface area contributed by atoms with Crippen molar-refractivity contribution >= 4 is 17.7 Å². The van der Waals surface area contributed by atoms with E-state index in [0.29, 0.717) is 12.3 Å². The zero-order chi connectivity index (χ0) is 23.2. The molecule has 1 heterocycles. The SMILES string of the molecule is CC(C)(C)C(=O)CC1CC1.CC(C)(C)C(=O)[C@@H]1CCCN1C(=O)OCc1ccccc1. The van der Waals surface area contributed by atoms with Crippen LogP contribution in [0.4, 0.5) is 4.79 Å². The number of rotatable bonds is 5. The minimum atomic E-state index is -0.438. The van der Waals surface area contributed by atoms with Gasteiger partial charge in [-0.25, -0.2) is 4.79 Å². The Balaban J connectivity index is 0.000000285. The molecule has 0 spiro atoms. The van der Waals surface area contributed by atoms with Gasteiger partial charge >= 0.3 is 6.09 Å². The van der Waals surface area contributed by atoms with E-state index in [2.05, 4.69) is 0 Å². The number of ether oxygens (including phenoxy) is 1. The number of carbonyl (C=O) groups excluding carboxylic acids is 3. The van der Waals surface area contributed by atoms with Crippen molar-refractivity contribution in [2.24, 2.45) is 16.7 Å². The van der Waals surface area contributed by atoms with Crippen molar-refractivity contribution in [1.82, 2.24) is 4.90 Å². The van der Waals surface area contributed by atoms with Gasteiger partial charge in [-0.05, 0) is 37.2 Å². The first-order valence-electron chi connectivity index (χ1n) is 11.4. The number of benzene rings is 1. The summed E-state index contributed by atoms with van der Waals surface area (Å²) in [4.78, 5) is 37.5. The Labute approximate surface area is 187 Å². The predicted octanol–water partition coefficient (Wildman–Crippen LogP) is 5.80. The molecule has 1 aromatic carbocycles. The van der Waals surface area contributed by atoms with E-state index in [1.165, 1.54) is 12.8 Å². The minimum Gasteiger partial charge on any atom is -0.445 e. The third-order valence-corrected chi connectivity index (χ3v) is 5.74. The smallest absolute Gasteiger partial charge is 0.410 e. The van der Waals surface area contributed by atoms with Crippen molar-refractivity contribution in [3.05, 3.63) is 35.9 Å². The molecule has 1 saturated carbocycles. The fourth-order valence-corrected chi connectivity index (χ4v) is 3.45. The van der Waals surface area contributed by atoms with Gasteiger partial charge in [-0.1, -0.05) is 71.9 Å². The molecule has 2 fully saturated rings. The van der Waals surface area contributed by atoms with Gasteiger partial charge in [0.05, 0.1) is 6.04 Å². The molecule has 1 aliphatic carbocycles. The molecule has 1 aliphatic heterocycles. The molecule has 0 aromatic heterocycles. The monoisotopic (exact) mass is 429 g/mol. The maximum absolute atomic E-state index is 12.4. The van der Waals surface area contributed by atoms with Crippen molar-refractivity contribution in [2.45, 2.75) is 86.3 Å². The molecule has 3 rings (SSSR count). The Morgan fingerprint density at radius 2 is 1.55 bits per heavy atom. The molecule has 1 amide bonds. The van der Waals surface area contributed by atoms with Gasteiger partial charge in [-0.2, -0.15) is 0 Å². The van der Waals surface area contributed by atoms with Crippen LogP contribution in [0.15, 0.2) is 30.3 Å². The summed E-state index contributed by atoms with van der Waals surface area (Å²) in [7, 11) is 0. The highest BCUT2D eigenvalue weighted by Gasteiger charge is 2.39. The topological polar surface area (TPSA) is 63.7 Å². The normalized spacial score (nSPS) is 18.8. The number of likely N-dealkylation sites (tertiary alicyclic amines) is 1. The molecular weight excluding hydrogens is 390 g/mol. The van der Waals surface area contributed by atoms with Gasteiger partial charge in [0, 0.05) is 23.8 Å². The first kappa shape index (κ1) is 25.1. The average Bonchev–Trinajstić information content (AvgIpc) is 3.37. The van der Waals surface area contributed by atoms with E-state index in [0.717, 1.165) is 30.7 Å². The number of carbonyl (C=O) groups is 3. The lowest BCUT2D eigenvalue weighted by Crippen LogP contribution is -2.45. The molecule has 2 aliphatic rings. The van der Waals surface area contributed by atoms with Gasteiger partial charge in [-0.3, -0.25) is 14.5 Å². The van der Waals surface area contributed by atoms with Crippen LogP contribution >= 0.6 is 0 Å². The lowest BCUT2D eigenvalue weighted by atomic mass is 9.85. The fourth-order valence-electron chi connectivity index (χ4n) is 3.45. The average molecular weight is 430 g/mol. The summed E-state index contributed by atoms with van der Waals surface area (Å²) in [5, 5.41) is 0. The third-order valence-electron chi connectivity index (χ3n) is 5.74. The van der Waals surface area contributed by atoms with E-state index >= 15 is 0 Å². The van der Waals surface area contributed by atoms with Crippen LogP contribution < -0.4 is 0 Å². The highest BCUT2D eigenvalue weighted by molar-refractivity contribution is 5.91. The predicted molar refractivity (Wildman–Crippen MR) is 123 cm³/mol. The summed E-state index contributed by atoms with van der Waals surface area (Å²) >= 11 is 0. The number of amides is 1. The van der Waals surface area contributed by atoms with Gasteiger partial charge in [0.1, 0.15) is 12.4 Å². The molecular formula is C26H39NO4. The Hall–Kier alpha value is -2.17. The van der Waals surface area contributed by atoms with Gasteiger partial charge in [-0.15, -0.1) is 0 Å². The van der Waals surface area contributed by atoms with Gasteiger partial charge in [0.15, 0.2) is 5.78 Å². The summed E-state index contributed by atoms with van der Waals surface area (Å²) in [5.41, 5.74) is 0.402. The second kappa shape index (κ2) is 10.4. The fraction of sp³-hybridized carbons (Fsp3) is 0.654. The van der Waals surface area contributed by atoms with Crippen LogP contribution in [0.25, 0.3) is 0 Å². The largest absolute Gasteiger partial charge is 0.445 e. The quantitative estimate of drug-likeness (QED) is 0.593. The maximum atomic E-state index is 12.4. The van der Waals surface area contributed by atoms with E-state index < -0.39 is 5.41 Å². The number of nitrogens with zero attached hydrogens (tertiary/aromatic N) is 1. The van der Waals surface area contributed by atoms with Crippen molar-refractivity contribution in [3.8, 4) is 0 Å². The van der Waals surface area contributed by atoms with Crippen molar-refractivity contribution < 1.29 is 19.1 Å². The summed E-state index contributed by atoms with van der Waals surface area (Å²) < 4.78 is 5.34. The molecule has 0 bridgehead atoms.